The van der Waals surface area contributed by atoms with Crippen LogP contribution in [-0.2, 0) is 4.79 Å². The Labute approximate surface area is 137 Å². The molecule has 0 fully saturated rings. The predicted octanol–water partition coefficient (Wildman–Crippen LogP) is 2.21. The molecule has 5 nitrogen and oxygen atoms in total. The molecule has 0 aliphatic heterocycles. The van der Waals surface area contributed by atoms with Crippen LogP contribution in [0.5, 0.6) is 0 Å². The van der Waals surface area contributed by atoms with E-state index in [1.165, 1.54) is 0 Å². The molecule has 6 heteroatoms. The number of hydrogen-bond acceptors (Lipinski definition) is 2. The molecular weight excluding hydrogens is 367 g/mol. The molecule has 1 rings (SSSR count). The minimum atomic E-state index is -0.108. The van der Waals surface area contributed by atoms with Crippen molar-refractivity contribution in [2.75, 3.05) is 18.9 Å². The molecule has 0 radical (unpaired) electrons. The van der Waals surface area contributed by atoms with E-state index in [-0.39, 0.29) is 42.0 Å². The Balaban J connectivity index is 0.00000361. The van der Waals surface area contributed by atoms with Crippen molar-refractivity contribution in [3.05, 3.63) is 30.3 Å². The number of nitrogens with one attached hydrogen (secondary N) is 3. The fourth-order valence-corrected chi connectivity index (χ4v) is 1.43. The first-order valence-electron chi connectivity index (χ1n) is 6.24. The third-order valence-corrected chi connectivity index (χ3v) is 2.19. The SMILES string of the molecule is CN=C(NCC(=O)Nc1ccccc1)NC(C)(C)C.I. The highest BCUT2D eigenvalue weighted by atomic mass is 127. The smallest absolute Gasteiger partial charge is 0.243 e. The van der Waals surface area contributed by atoms with Gasteiger partial charge < -0.3 is 16.0 Å². The number of hydrogen-bond donors (Lipinski definition) is 3. The van der Waals surface area contributed by atoms with Gasteiger partial charge in [0.25, 0.3) is 0 Å². The standard InChI is InChI=1S/C14H22N4O.HI/c1-14(2,3)18-13(15-4)16-10-12(19)17-11-8-6-5-7-9-11;/h5-9H,10H2,1-4H3,(H,17,19)(H2,15,16,18);1H. The number of aliphatic imine (C=N–C) groups is 1. The maximum Gasteiger partial charge on any atom is 0.243 e. The summed E-state index contributed by atoms with van der Waals surface area (Å²) in [5.41, 5.74) is 0.686. The highest BCUT2D eigenvalue weighted by Gasteiger charge is 2.12. The zero-order chi connectivity index (χ0) is 14.3. The van der Waals surface area contributed by atoms with Crippen LogP contribution in [0.4, 0.5) is 5.69 Å². The number of nitrogens with zero attached hydrogens (tertiary/aromatic N) is 1. The normalized spacial score (nSPS) is 11.3. The number of amides is 1. The second-order valence-corrected chi connectivity index (χ2v) is 5.21. The van der Waals surface area contributed by atoms with Gasteiger partial charge in [-0.05, 0) is 32.9 Å². The van der Waals surface area contributed by atoms with Crippen LogP contribution in [-0.4, -0.2) is 31.0 Å². The quantitative estimate of drug-likeness (QED) is 0.421. The molecule has 0 unspecified atom stereocenters. The van der Waals surface area contributed by atoms with Crippen LogP contribution >= 0.6 is 24.0 Å². The average Bonchev–Trinajstić information content (AvgIpc) is 2.34. The van der Waals surface area contributed by atoms with Gasteiger partial charge in [0.15, 0.2) is 5.96 Å². The molecule has 20 heavy (non-hydrogen) atoms. The zero-order valence-electron chi connectivity index (χ0n) is 12.4. The van der Waals surface area contributed by atoms with Crippen molar-refractivity contribution in [2.45, 2.75) is 26.3 Å². The zero-order valence-corrected chi connectivity index (χ0v) is 14.7. The number of guanidine groups is 1. The van der Waals surface area contributed by atoms with Gasteiger partial charge in [0.1, 0.15) is 0 Å². The second kappa shape index (κ2) is 8.78. The lowest BCUT2D eigenvalue weighted by Gasteiger charge is -2.23. The van der Waals surface area contributed by atoms with Gasteiger partial charge in [0.2, 0.25) is 5.91 Å². The van der Waals surface area contributed by atoms with Crippen LogP contribution in [0.25, 0.3) is 0 Å². The van der Waals surface area contributed by atoms with Gasteiger partial charge >= 0.3 is 0 Å². The van der Waals surface area contributed by atoms with E-state index in [1.54, 1.807) is 7.05 Å². The van der Waals surface area contributed by atoms with E-state index in [1.807, 2.05) is 51.1 Å². The maximum atomic E-state index is 11.7. The number of anilines is 1. The lowest BCUT2D eigenvalue weighted by atomic mass is 10.1. The Morgan fingerprint density at radius 2 is 1.80 bits per heavy atom. The van der Waals surface area contributed by atoms with Gasteiger partial charge in [-0.15, -0.1) is 24.0 Å². The second-order valence-electron chi connectivity index (χ2n) is 5.21. The Morgan fingerprint density at radius 1 is 1.20 bits per heavy atom. The molecule has 1 aromatic rings. The number of carbonyl (C=O) groups excluding carboxylic acids is 1. The van der Waals surface area contributed by atoms with Crippen LogP contribution in [0.1, 0.15) is 20.8 Å². The van der Waals surface area contributed by atoms with E-state index in [4.69, 9.17) is 0 Å². The molecule has 0 atom stereocenters. The molecule has 0 bridgehead atoms. The maximum absolute atomic E-state index is 11.7. The van der Waals surface area contributed by atoms with Crippen molar-refractivity contribution in [1.82, 2.24) is 10.6 Å². The van der Waals surface area contributed by atoms with Crippen molar-refractivity contribution < 1.29 is 4.79 Å². The van der Waals surface area contributed by atoms with Crippen molar-refractivity contribution in [3.63, 3.8) is 0 Å². The minimum absolute atomic E-state index is 0. The monoisotopic (exact) mass is 390 g/mol. The summed E-state index contributed by atoms with van der Waals surface area (Å²) in [6.45, 7) is 6.27. The summed E-state index contributed by atoms with van der Waals surface area (Å²) in [6.07, 6.45) is 0. The molecule has 1 aromatic carbocycles. The van der Waals surface area contributed by atoms with E-state index in [2.05, 4.69) is 20.9 Å². The molecule has 0 heterocycles. The summed E-state index contributed by atoms with van der Waals surface area (Å²) in [6, 6.07) is 9.36. The Bertz CT molecular complexity index is 440. The molecule has 0 aliphatic rings. The van der Waals surface area contributed by atoms with Crippen LogP contribution in [0.3, 0.4) is 0 Å². The summed E-state index contributed by atoms with van der Waals surface area (Å²) < 4.78 is 0. The van der Waals surface area contributed by atoms with E-state index in [0.717, 1.165) is 5.69 Å². The Kier molecular flexibility index (Phi) is 8.21. The first-order chi connectivity index (χ1) is 8.90. The van der Waals surface area contributed by atoms with Crippen molar-refractivity contribution in [1.29, 1.82) is 0 Å². The molecule has 0 aliphatic carbocycles. The molecule has 0 saturated carbocycles. The van der Waals surface area contributed by atoms with Gasteiger partial charge in [-0.3, -0.25) is 9.79 Å². The topological polar surface area (TPSA) is 65.5 Å². The highest BCUT2D eigenvalue weighted by molar-refractivity contribution is 14.0. The molecule has 0 saturated heterocycles. The lowest BCUT2D eigenvalue weighted by molar-refractivity contribution is -0.115. The number of benzene rings is 1. The molecule has 112 valence electrons. The summed E-state index contributed by atoms with van der Waals surface area (Å²) >= 11 is 0. The summed E-state index contributed by atoms with van der Waals surface area (Å²) in [7, 11) is 1.68. The first kappa shape index (κ1) is 18.7. The number of carbonyl (C=O) groups is 1. The number of para-hydroxylation sites is 1. The van der Waals surface area contributed by atoms with Gasteiger partial charge in [-0.25, -0.2) is 0 Å². The van der Waals surface area contributed by atoms with E-state index in [0.29, 0.717) is 5.96 Å². The van der Waals surface area contributed by atoms with Crippen molar-refractivity contribution in [3.8, 4) is 0 Å². The van der Waals surface area contributed by atoms with E-state index >= 15 is 0 Å². The average molecular weight is 390 g/mol. The van der Waals surface area contributed by atoms with Crippen molar-refractivity contribution >= 4 is 41.5 Å². The molecule has 1 amide bonds. The van der Waals surface area contributed by atoms with Crippen LogP contribution in [0.2, 0.25) is 0 Å². The van der Waals surface area contributed by atoms with Crippen LogP contribution in [0, 0.1) is 0 Å². The number of halogens is 1. The summed E-state index contributed by atoms with van der Waals surface area (Å²) in [5, 5.41) is 8.96. The van der Waals surface area contributed by atoms with Crippen LogP contribution in [0.15, 0.2) is 35.3 Å². The predicted molar refractivity (Wildman–Crippen MR) is 94.7 cm³/mol. The molecule has 0 spiro atoms. The molecule has 3 N–H and O–H groups in total. The van der Waals surface area contributed by atoms with Gasteiger partial charge in [0, 0.05) is 18.3 Å². The van der Waals surface area contributed by atoms with Gasteiger partial charge in [-0.2, -0.15) is 0 Å². The number of rotatable bonds is 3. The van der Waals surface area contributed by atoms with Crippen molar-refractivity contribution in [2.24, 2.45) is 4.99 Å². The first-order valence-corrected chi connectivity index (χ1v) is 6.24. The summed E-state index contributed by atoms with van der Waals surface area (Å²) in [5.74, 6) is 0.499. The third-order valence-electron chi connectivity index (χ3n) is 2.19. The third kappa shape index (κ3) is 7.98. The minimum Gasteiger partial charge on any atom is -0.352 e. The molecular formula is C14H23IN4O. The largest absolute Gasteiger partial charge is 0.352 e. The Morgan fingerprint density at radius 3 is 2.30 bits per heavy atom. The molecule has 0 aromatic heterocycles. The lowest BCUT2D eigenvalue weighted by Crippen LogP contribution is -2.49. The van der Waals surface area contributed by atoms with E-state index < -0.39 is 0 Å². The fourth-order valence-electron chi connectivity index (χ4n) is 1.43. The fraction of sp³-hybridized carbons (Fsp3) is 0.429. The van der Waals surface area contributed by atoms with E-state index in [9.17, 15) is 4.79 Å². The Hall–Kier alpha value is -1.31. The summed E-state index contributed by atoms with van der Waals surface area (Å²) in [4.78, 5) is 15.8. The van der Waals surface area contributed by atoms with Gasteiger partial charge in [-0.1, -0.05) is 18.2 Å². The highest BCUT2D eigenvalue weighted by Crippen LogP contribution is 2.04. The van der Waals surface area contributed by atoms with Gasteiger partial charge in [0.05, 0.1) is 6.54 Å². The van der Waals surface area contributed by atoms with Crippen LogP contribution < -0.4 is 16.0 Å².